The molecule has 17 heavy (non-hydrogen) atoms. The molecule has 0 aliphatic heterocycles. The highest BCUT2D eigenvalue weighted by atomic mass is 32.2. The molecule has 1 unspecified atom stereocenters. The van der Waals surface area contributed by atoms with Crippen molar-refractivity contribution in [1.29, 1.82) is 0 Å². The molecule has 0 amide bonds. The summed E-state index contributed by atoms with van der Waals surface area (Å²) in [5, 5.41) is 16.8. The van der Waals surface area contributed by atoms with Crippen molar-refractivity contribution in [2.45, 2.75) is 10.4 Å². The number of nitrogens with zero attached hydrogens (tertiary/aromatic N) is 3. The zero-order chi connectivity index (χ0) is 12.3. The fraction of sp³-hybridized carbons (Fsp3) is 0.182. The Morgan fingerprint density at radius 3 is 2.65 bits per heavy atom. The molecule has 1 aromatic carbocycles. The van der Waals surface area contributed by atoms with E-state index in [9.17, 15) is 9.90 Å². The molecule has 1 N–H and O–H groups in total. The summed E-state index contributed by atoms with van der Waals surface area (Å²) in [5.74, 6) is -0.885. The van der Waals surface area contributed by atoms with Crippen LogP contribution < -0.4 is 0 Å². The summed E-state index contributed by atoms with van der Waals surface area (Å²) in [7, 11) is 1.78. The van der Waals surface area contributed by atoms with E-state index in [1.54, 1.807) is 30.1 Å². The average Bonchev–Trinajstić information content (AvgIpc) is 2.72. The molecular weight excluding hydrogens is 238 g/mol. The topological polar surface area (TPSA) is 68.0 Å². The molecule has 0 saturated heterocycles. The van der Waals surface area contributed by atoms with Crippen LogP contribution in [0.2, 0.25) is 0 Å². The second-order valence-electron chi connectivity index (χ2n) is 3.47. The fourth-order valence-electron chi connectivity index (χ4n) is 1.37. The molecule has 0 aliphatic rings. The SMILES string of the molecule is Cn1cnnc1SC(C(=O)O)c1ccccc1. The van der Waals surface area contributed by atoms with Crippen molar-refractivity contribution in [3.05, 3.63) is 42.2 Å². The maximum Gasteiger partial charge on any atom is 0.321 e. The van der Waals surface area contributed by atoms with E-state index >= 15 is 0 Å². The zero-order valence-electron chi connectivity index (χ0n) is 9.15. The molecule has 1 atom stereocenters. The predicted molar refractivity (Wildman–Crippen MR) is 63.7 cm³/mol. The van der Waals surface area contributed by atoms with Crippen molar-refractivity contribution >= 4 is 17.7 Å². The molecule has 5 nitrogen and oxygen atoms in total. The van der Waals surface area contributed by atoms with Gasteiger partial charge in [0.05, 0.1) is 0 Å². The van der Waals surface area contributed by atoms with Gasteiger partial charge in [0.15, 0.2) is 5.16 Å². The first-order valence-electron chi connectivity index (χ1n) is 4.97. The monoisotopic (exact) mass is 249 g/mol. The highest BCUT2D eigenvalue weighted by molar-refractivity contribution is 8.00. The van der Waals surface area contributed by atoms with Gasteiger partial charge in [-0.2, -0.15) is 0 Å². The van der Waals surface area contributed by atoms with E-state index in [0.29, 0.717) is 5.16 Å². The van der Waals surface area contributed by atoms with Gasteiger partial charge < -0.3 is 9.67 Å². The average molecular weight is 249 g/mol. The third kappa shape index (κ3) is 2.65. The Hall–Kier alpha value is -1.82. The summed E-state index contributed by atoms with van der Waals surface area (Å²) in [4.78, 5) is 11.3. The van der Waals surface area contributed by atoms with E-state index in [2.05, 4.69) is 10.2 Å². The quantitative estimate of drug-likeness (QED) is 0.836. The first-order chi connectivity index (χ1) is 8.18. The van der Waals surface area contributed by atoms with Crippen LogP contribution in [0.4, 0.5) is 0 Å². The van der Waals surface area contributed by atoms with Crippen molar-refractivity contribution in [3.63, 3.8) is 0 Å². The lowest BCUT2D eigenvalue weighted by Gasteiger charge is -2.11. The van der Waals surface area contributed by atoms with E-state index < -0.39 is 11.2 Å². The molecule has 0 saturated carbocycles. The van der Waals surface area contributed by atoms with Gasteiger partial charge in [-0.05, 0) is 5.56 Å². The normalized spacial score (nSPS) is 12.3. The number of aromatic nitrogens is 3. The molecule has 0 radical (unpaired) electrons. The van der Waals surface area contributed by atoms with Crippen LogP contribution in [-0.2, 0) is 11.8 Å². The van der Waals surface area contributed by atoms with Gasteiger partial charge >= 0.3 is 5.97 Å². The van der Waals surface area contributed by atoms with E-state index in [-0.39, 0.29) is 0 Å². The van der Waals surface area contributed by atoms with Crippen LogP contribution in [0.25, 0.3) is 0 Å². The Kier molecular flexibility index (Phi) is 3.43. The second kappa shape index (κ2) is 5.01. The standard InChI is InChI=1S/C11H11N3O2S/c1-14-7-12-13-11(14)17-9(10(15)16)8-5-3-2-4-6-8/h2-7,9H,1H3,(H,15,16). The summed E-state index contributed by atoms with van der Waals surface area (Å²) in [6.45, 7) is 0. The molecule has 0 bridgehead atoms. The number of carbonyl (C=O) groups is 1. The van der Waals surface area contributed by atoms with Crippen LogP contribution in [0.3, 0.4) is 0 Å². The van der Waals surface area contributed by atoms with Gasteiger partial charge in [-0.15, -0.1) is 10.2 Å². The van der Waals surface area contributed by atoms with Crippen molar-refractivity contribution in [2.24, 2.45) is 7.05 Å². The van der Waals surface area contributed by atoms with Gasteiger partial charge in [0, 0.05) is 7.05 Å². The van der Waals surface area contributed by atoms with Crippen LogP contribution >= 0.6 is 11.8 Å². The summed E-state index contributed by atoms with van der Waals surface area (Å²) in [5.41, 5.74) is 0.744. The third-order valence-corrected chi connectivity index (χ3v) is 3.51. The first kappa shape index (κ1) is 11.7. The van der Waals surface area contributed by atoms with Gasteiger partial charge in [0.2, 0.25) is 0 Å². The van der Waals surface area contributed by atoms with Gasteiger partial charge in [-0.25, -0.2) is 0 Å². The number of aryl methyl sites for hydroxylation is 1. The highest BCUT2D eigenvalue weighted by Gasteiger charge is 2.23. The Balaban J connectivity index is 2.26. The lowest BCUT2D eigenvalue weighted by Crippen LogP contribution is -2.08. The lowest BCUT2D eigenvalue weighted by molar-refractivity contribution is -0.136. The Morgan fingerprint density at radius 2 is 2.12 bits per heavy atom. The maximum absolute atomic E-state index is 11.3. The van der Waals surface area contributed by atoms with Crippen molar-refractivity contribution in [1.82, 2.24) is 14.8 Å². The number of aliphatic carboxylic acids is 1. The van der Waals surface area contributed by atoms with Crippen molar-refractivity contribution in [2.75, 3.05) is 0 Å². The smallest absolute Gasteiger partial charge is 0.321 e. The second-order valence-corrected chi connectivity index (χ2v) is 4.54. The molecule has 2 rings (SSSR count). The summed E-state index contributed by atoms with van der Waals surface area (Å²) in [6.07, 6.45) is 1.55. The summed E-state index contributed by atoms with van der Waals surface area (Å²) >= 11 is 1.17. The van der Waals surface area contributed by atoms with Crippen LogP contribution in [-0.4, -0.2) is 25.8 Å². The van der Waals surface area contributed by atoms with Crippen LogP contribution in [0.15, 0.2) is 41.8 Å². The number of benzene rings is 1. The zero-order valence-corrected chi connectivity index (χ0v) is 9.96. The molecule has 2 aromatic rings. The van der Waals surface area contributed by atoms with Gasteiger partial charge in [0.25, 0.3) is 0 Å². The number of thioether (sulfide) groups is 1. The van der Waals surface area contributed by atoms with E-state index in [1.165, 1.54) is 11.8 Å². The van der Waals surface area contributed by atoms with Gasteiger partial charge in [-0.1, -0.05) is 42.1 Å². The predicted octanol–water partition coefficient (Wildman–Crippen LogP) is 1.73. The highest BCUT2D eigenvalue weighted by Crippen LogP contribution is 2.33. The Labute approximate surface area is 102 Å². The summed E-state index contributed by atoms with van der Waals surface area (Å²) in [6, 6.07) is 9.09. The number of carboxylic acids is 1. The van der Waals surface area contributed by atoms with Gasteiger partial charge in [0.1, 0.15) is 11.6 Å². The van der Waals surface area contributed by atoms with Crippen LogP contribution in [0, 0.1) is 0 Å². The van der Waals surface area contributed by atoms with E-state index in [0.717, 1.165) is 5.56 Å². The van der Waals surface area contributed by atoms with Crippen LogP contribution in [0.5, 0.6) is 0 Å². The van der Waals surface area contributed by atoms with Crippen molar-refractivity contribution < 1.29 is 9.90 Å². The minimum Gasteiger partial charge on any atom is -0.480 e. The lowest BCUT2D eigenvalue weighted by atomic mass is 10.1. The van der Waals surface area contributed by atoms with Gasteiger partial charge in [-0.3, -0.25) is 4.79 Å². The number of hydrogen-bond donors (Lipinski definition) is 1. The molecular formula is C11H11N3O2S. The minimum absolute atomic E-state index is 0.584. The first-order valence-corrected chi connectivity index (χ1v) is 5.85. The number of hydrogen-bond acceptors (Lipinski definition) is 4. The minimum atomic E-state index is -0.885. The molecule has 0 spiro atoms. The Bertz CT molecular complexity index is 512. The molecule has 1 heterocycles. The largest absolute Gasteiger partial charge is 0.480 e. The van der Waals surface area contributed by atoms with E-state index in [4.69, 9.17) is 0 Å². The number of rotatable bonds is 4. The molecule has 0 aliphatic carbocycles. The molecule has 0 fully saturated rings. The molecule has 6 heteroatoms. The van der Waals surface area contributed by atoms with E-state index in [1.807, 2.05) is 18.2 Å². The number of carboxylic acid groups (broad SMARTS) is 1. The van der Waals surface area contributed by atoms with Crippen LogP contribution in [0.1, 0.15) is 10.8 Å². The fourth-order valence-corrected chi connectivity index (χ4v) is 2.29. The Morgan fingerprint density at radius 1 is 1.41 bits per heavy atom. The maximum atomic E-state index is 11.3. The van der Waals surface area contributed by atoms with Crippen molar-refractivity contribution in [3.8, 4) is 0 Å². The third-order valence-electron chi connectivity index (χ3n) is 2.22. The molecule has 1 aromatic heterocycles. The molecule has 88 valence electrons. The summed E-state index contributed by atoms with van der Waals surface area (Å²) < 4.78 is 1.70.